The Morgan fingerprint density at radius 1 is 0.621 bits per heavy atom. The first kappa shape index (κ1) is 27.1. The molecular formula is C18H40O6Si5. The molecule has 0 aliphatic rings. The van der Waals surface area contributed by atoms with Crippen LogP contribution in [0.1, 0.15) is 0 Å². The van der Waals surface area contributed by atoms with Crippen LogP contribution in [0.15, 0.2) is 30.3 Å². The average molecular weight is 493 g/mol. The molecule has 6 nitrogen and oxygen atoms in total. The van der Waals surface area contributed by atoms with Crippen molar-refractivity contribution in [1.82, 2.24) is 0 Å². The monoisotopic (exact) mass is 492 g/mol. The molecule has 0 aliphatic heterocycles. The number of benzene rings is 1. The van der Waals surface area contributed by atoms with Crippen LogP contribution in [0.25, 0.3) is 0 Å². The number of rotatable bonds is 12. The van der Waals surface area contributed by atoms with E-state index in [0.717, 1.165) is 5.19 Å². The van der Waals surface area contributed by atoms with Crippen LogP contribution in [-0.4, -0.2) is 63.0 Å². The van der Waals surface area contributed by atoms with E-state index in [1.807, 2.05) is 44.4 Å². The van der Waals surface area contributed by atoms with Crippen molar-refractivity contribution in [2.75, 3.05) is 20.4 Å². The topological polar surface area (TPSA) is 55.4 Å². The van der Waals surface area contributed by atoms with Crippen LogP contribution in [0.2, 0.25) is 58.9 Å². The van der Waals surface area contributed by atoms with Gasteiger partial charge in [-0.25, -0.2) is 0 Å². The lowest BCUT2D eigenvalue weighted by molar-refractivity contribution is 0.208. The molecule has 1 atom stereocenters. The van der Waals surface area contributed by atoms with Crippen LogP contribution in [-0.2, 0) is 25.6 Å². The van der Waals surface area contributed by atoms with Gasteiger partial charge in [0.05, 0.1) is 6.23 Å². The van der Waals surface area contributed by atoms with E-state index in [2.05, 4.69) is 44.9 Å². The van der Waals surface area contributed by atoms with Gasteiger partial charge in [0.2, 0.25) is 0 Å². The summed E-state index contributed by atoms with van der Waals surface area (Å²) in [6.45, 7) is 18.8. The van der Waals surface area contributed by atoms with Gasteiger partial charge in [-0.1, -0.05) is 30.3 Å². The molecule has 0 heterocycles. The predicted molar refractivity (Wildman–Crippen MR) is 131 cm³/mol. The smallest absolute Gasteiger partial charge is 0.378 e. The van der Waals surface area contributed by atoms with E-state index >= 15 is 0 Å². The van der Waals surface area contributed by atoms with Gasteiger partial charge in [0.15, 0.2) is 8.32 Å². The fourth-order valence-electron chi connectivity index (χ4n) is 2.85. The van der Waals surface area contributed by atoms with E-state index in [0.29, 0.717) is 6.23 Å². The third-order valence-electron chi connectivity index (χ3n) is 4.18. The zero-order valence-electron chi connectivity index (χ0n) is 20.0. The molecule has 168 valence electrons. The Morgan fingerprint density at radius 3 is 1.59 bits per heavy atom. The Labute approximate surface area is 183 Å². The molecule has 0 aliphatic carbocycles. The Kier molecular flexibility index (Phi) is 9.46. The zero-order chi connectivity index (χ0) is 22.6. The molecule has 0 bridgehead atoms. The van der Waals surface area contributed by atoms with Gasteiger partial charge in [0.25, 0.3) is 0 Å². The lowest BCUT2D eigenvalue weighted by atomic mass is 10.4. The Bertz CT molecular complexity index is 635. The van der Waals surface area contributed by atoms with E-state index in [9.17, 15) is 0 Å². The Morgan fingerprint density at radius 2 is 1.14 bits per heavy atom. The van der Waals surface area contributed by atoms with Crippen LogP contribution in [0.5, 0.6) is 0 Å². The molecule has 1 unspecified atom stereocenters. The molecule has 0 fully saturated rings. The molecule has 1 rings (SSSR count). The highest BCUT2D eigenvalue weighted by molar-refractivity contribution is 6.95. The molecule has 0 N–H and O–H groups in total. The number of hydrogen-bond acceptors (Lipinski definition) is 6. The quantitative estimate of drug-likeness (QED) is 0.408. The third-order valence-corrected chi connectivity index (χ3v) is 20.0. The van der Waals surface area contributed by atoms with Crippen molar-refractivity contribution in [3.8, 4) is 0 Å². The summed E-state index contributed by atoms with van der Waals surface area (Å²) in [7, 11) is -8.70. The van der Waals surface area contributed by atoms with Crippen molar-refractivity contribution in [3.05, 3.63) is 30.3 Å². The van der Waals surface area contributed by atoms with Crippen LogP contribution >= 0.6 is 0 Å². The summed E-state index contributed by atoms with van der Waals surface area (Å²) in [5.74, 6) is 0. The van der Waals surface area contributed by atoms with E-state index < -0.39 is 42.6 Å². The summed E-state index contributed by atoms with van der Waals surface area (Å²) in [6, 6.07) is 10.2. The molecule has 0 amide bonds. The van der Waals surface area contributed by atoms with Crippen LogP contribution < -0.4 is 5.19 Å². The highest BCUT2D eigenvalue weighted by Crippen LogP contribution is 2.26. The summed E-state index contributed by atoms with van der Waals surface area (Å²) in [4.78, 5) is 0. The molecule has 29 heavy (non-hydrogen) atoms. The second-order valence-electron chi connectivity index (χ2n) is 9.43. The second-order valence-corrected chi connectivity index (χ2v) is 28.0. The molecule has 0 saturated carbocycles. The minimum Gasteiger partial charge on any atom is -0.432 e. The molecule has 0 aromatic heterocycles. The standard InChI is InChI=1S/C18H40O6Si5/c1-19-26(6,7)21-17-29(22-25(3,4)5,18-15-13-12-14-16-18)24-28(10,11)23-27(8,9)20-2/h12-16H,17H2,1-11H3. The molecule has 11 heteroatoms. The normalized spacial score (nSPS) is 16.0. The Hall–Kier alpha value is 0.0644. The first-order chi connectivity index (χ1) is 13.1. The number of hydrogen-bond donors (Lipinski definition) is 0. The molecular weight excluding hydrogens is 453 g/mol. The van der Waals surface area contributed by atoms with Gasteiger partial charge in [-0.15, -0.1) is 0 Å². The van der Waals surface area contributed by atoms with Gasteiger partial charge in [-0.3, -0.25) is 0 Å². The van der Waals surface area contributed by atoms with Crippen molar-refractivity contribution in [2.45, 2.75) is 58.9 Å². The van der Waals surface area contributed by atoms with Crippen molar-refractivity contribution in [3.63, 3.8) is 0 Å². The molecule has 0 radical (unpaired) electrons. The van der Waals surface area contributed by atoms with Gasteiger partial charge < -0.3 is 25.6 Å². The predicted octanol–water partition coefficient (Wildman–Crippen LogP) is 4.17. The maximum Gasteiger partial charge on any atom is 0.378 e. The highest BCUT2D eigenvalue weighted by Gasteiger charge is 2.51. The van der Waals surface area contributed by atoms with E-state index in [-0.39, 0.29) is 0 Å². The third kappa shape index (κ3) is 9.39. The van der Waals surface area contributed by atoms with Crippen LogP contribution in [0.4, 0.5) is 0 Å². The largest absolute Gasteiger partial charge is 0.432 e. The maximum absolute atomic E-state index is 6.93. The highest BCUT2D eigenvalue weighted by atomic mass is 28.5. The van der Waals surface area contributed by atoms with Gasteiger partial charge in [0.1, 0.15) is 0 Å². The molecule has 1 aromatic rings. The average Bonchev–Trinajstić information content (AvgIpc) is 2.58. The maximum atomic E-state index is 6.93. The lowest BCUT2D eigenvalue weighted by Gasteiger charge is -2.43. The van der Waals surface area contributed by atoms with Gasteiger partial charge in [0, 0.05) is 14.2 Å². The Balaban J connectivity index is 3.43. The van der Waals surface area contributed by atoms with Gasteiger partial charge in [-0.05, 0) is 64.1 Å². The fraction of sp³-hybridized carbons (Fsp3) is 0.667. The first-order valence-corrected chi connectivity index (χ1v) is 23.8. The summed E-state index contributed by atoms with van der Waals surface area (Å²) >= 11 is 0. The van der Waals surface area contributed by atoms with Crippen LogP contribution in [0, 0.1) is 0 Å². The van der Waals surface area contributed by atoms with Crippen molar-refractivity contribution in [1.29, 1.82) is 0 Å². The SMILES string of the molecule is CO[Si](C)(C)OC[Si](O[Si](C)(C)C)(O[Si](C)(C)O[Si](C)(C)OC)c1ccccc1. The molecule has 1 aromatic carbocycles. The second kappa shape index (κ2) is 10.1. The van der Waals surface area contributed by atoms with E-state index in [1.165, 1.54) is 0 Å². The summed E-state index contributed by atoms with van der Waals surface area (Å²) in [5, 5.41) is 1.06. The first-order valence-electron chi connectivity index (χ1n) is 9.96. The minimum absolute atomic E-state index is 0.378. The van der Waals surface area contributed by atoms with Crippen LogP contribution in [0.3, 0.4) is 0 Å². The van der Waals surface area contributed by atoms with Crippen molar-refractivity contribution >= 4 is 47.7 Å². The lowest BCUT2D eigenvalue weighted by Crippen LogP contribution is -2.68. The molecule has 0 saturated heterocycles. The summed E-state index contributed by atoms with van der Waals surface area (Å²) in [5.41, 5.74) is 0. The molecule has 0 spiro atoms. The zero-order valence-corrected chi connectivity index (χ0v) is 25.0. The van der Waals surface area contributed by atoms with Crippen molar-refractivity contribution in [2.24, 2.45) is 0 Å². The minimum atomic E-state index is -2.98. The fourth-order valence-corrected chi connectivity index (χ4v) is 20.7. The summed E-state index contributed by atoms with van der Waals surface area (Å²) in [6.07, 6.45) is 0.378. The van der Waals surface area contributed by atoms with E-state index in [4.69, 9.17) is 25.6 Å². The van der Waals surface area contributed by atoms with Crippen molar-refractivity contribution < 1.29 is 25.6 Å². The summed E-state index contributed by atoms with van der Waals surface area (Å²) < 4.78 is 37.9. The van der Waals surface area contributed by atoms with E-state index in [1.54, 1.807) is 14.2 Å². The van der Waals surface area contributed by atoms with Gasteiger partial charge >= 0.3 is 34.2 Å². The van der Waals surface area contributed by atoms with Gasteiger partial charge in [-0.2, -0.15) is 0 Å².